The number of hydrogen-bond acceptors (Lipinski definition) is 7. The zero-order valence-electron chi connectivity index (χ0n) is 15.0. The third kappa shape index (κ3) is 3.88. The lowest BCUT2D eigenvalue weighted by Crippen LogP contribution is -2.49. The number of aromatic nitrogens is 5. The summed E-state index contributed by atoms with van der Waals surface area (Å²) in [5.74, 6) is 1.19. The van der Waals surface area contributed by atoms with Crippen LogP contribution in [-0.4, -0.2) is 62.2 Å². The molecular formula is C17H23N7O2. The minimum absolute atomic E-state index is 0.0421. The molecule has 1 saturated heterocycles. The van der Waals surface area contributed by atoms with Gasteiger partial charge in [-0.3, -0.25) is 10.1 Å². The number of ether oxygens (including phenoxy) is 1. The first-order valence-electron chi connectivity index (χ1n) is 8.52. The van der Waals surface area contributed by atoms with E-state index < -0.39 is 0 Å². The van der Waals surface area contributed by atoms with Gasteiger partial charge in [-0.15, -0.1) is 5.10 Å². The number of aryl methyl sites for hydroxylation is 1. The van der Waals surface area contributed by atoms with Gasteiger partial charge in [0.15, 0.2) is 5.82 Å². The van der Waals surface area contributed by atoms with Crippen molar-refractivity contribution in [3.05, 3.63) is 42.4 Å². The monoisotopic (exact) mass is 357 g/mol. The van der Waals surface area contributed by atoms with Crippen LogP contribution in [0.2, 0.25) is 0 Å². The quantitative estimate of drug-likeness (QED) is 0.750. The zero-order valence-corrected chi connectivity index (χ0v) is 15.0. The fourth-order valence-corrected chi connectivity index (χ4v) is 3.16. The molecule has 2 aromatic heterocycles. The van der Waals surface area contributed by atoms with Crippen LogP contribution in [0.4, 0.5) is 0 Å². The maximum atomic E-state index is 11.9. The van der Waals surface area contributed by atoms with Crippen molar-refractivity contribution in [2.45, 2.75) is 24.9 Å². The molecule has 2 unspecified atom stereocenters. The van der Waals surface area contributed by atoms with Gasteiger partial charge in [-0.05, 0) is 34.9 Å². The van der Waals surface area contributed by atoms with E-state index in [1.807, 2.05) is 17.0 Å². The summed E-state index contributed by atoms with van der Waals surface area (Å²) in [7, 11) is 3.38. The Bertz CT molecular complexity index is 759. The van der Waals surface area contributed by atoms with E-state index in [0.29, 0.717) is 18.2 Å². The van der Waals surface area contributed by atoms with Gasteiger partial charge in [0.2, 0.25) is 11.8 Å². The highest BCUT2D eigenvalue weighted by Crippen LogP contribution is 2.23. The molecule has 138 valence electrons. The molecule has 3 heterocycles. The highest BCUT2D eigenvalue weighted by molar-refractivity contribution is 5.87. The highest BCUT2D eigenvalue weighted by atomic mass is 16.5. The maximum Gasteiger partial charge on any atom is 0.246 e. The SMILES string of the molecule is C=CC(=O)N1CCCC(NC(c2ccc(OC)nc2)c2nnnn2C)C1. The molecule has 1 fully saturated rings. The number of carbonyl (C=O) groups excluding carboxylic acids is 1. The predicted octanol–water partition coefficient (Wildman–Crippen LogP) is 0.470. The van der Waals surface area contributed by atoms with Crippen LogP contribution in [-0.2, 0) is 11.8 Å². The number of methoxy groups -OCH3 is 1. The second-order valence-corrected chi connectivity index (χ2v) is 6.22. The lowest BCUT2D eigenvalue weighted by Gasteiger charge is -2.34. The summed E-state index contributed by atoms with van der Waals surface area (Å²) >= 11 is 0. The summed E-state index contributed by atoms with van der Waals surface area (Å²) in [5.41, 5.74) is 0.927. The molecule has 0 radical (unpaired) electrons. The van der Waals surface area contributed by atoms with Crippen molar-refractivity contribution in [3.63, 3.8) is 0 Å². The van der Waals surface area contributed by atoms with Crippen molar-refractivity contribution < 1.29 is 9.53 Å². The zero-order chi connectivity index (χ0) is 18.5. The van der Waals surface area contributed by atoms with Crippen LogP contribution in [0, 0.1) is 0 Å². The second-order valence-electron chi connectivity index (χ2n) is 6.22. The van der Waals surface area contributed by atoms with Gasteiger partial charge in [0.05, 0.1) is 13.2 Å². The number of nitrogens with one attached hydrogen (secondary N) is 1. The van der Waals surface area contributed by atoms with Gasteiger partial charge in [0.25, 0.3) is 0 Å². The van der Waals surface area contributed by atoms with E-state index in [0.717, 1.165) is 24.9 Å². The topological polar surface area (TPSA) is 98.1 Å². The smallest absolute Gasteiger partial charge is 0.246 e. The molecule has 9 nitrogen and oxygen atoms in total. The number of carbonyl (C=O) groups is 1. The molecule has 3 rings (SSSR count). The standard InChI is InChI=1S/C17H23N7O2/c1-4-15(25)24-9-5-6-13(11-24)19-16(17-20-21-22-23(17)2)12-7-8-14(26-3)18-10-12/h4,7-8,10,13,16,19H,1,5-6,9,11H2,2-3H3. The average Bonchev–Trinajstić information content (AvgIpc) is 3.11. The Hall–Kier alpha value is -2.81. The third-order valence-corrected chi connectivity index (χ3v) is 4.52. The maximum absolute atomic E-state index is 11.9. The van der Waals surface area contributed by atoms with Crippen LogP contribution in [0.1, 0.15) is 30.3 Å². The second kappa shape index (κ2) is 8.05. The number of nitrogens with zero attached hydrogens (tertiary/aromatic N) is 6. The molecule has 2 aromatic rings. The Kier molecular flexibility index (Phi) is 5.57. The minimum Gasteiger partial charge on any atom is -0.481 e. The Balaban J connectivity index is 1.83. The van der Waals surface area contributed by atoms with Crippen LogP contribution < -0.4 is 10.1 Å². The molecule has 0 saturated carbocycles. The summed E-state index contributed by atoms with van der Waals surface area (Å²) in [6.07, 6.45) is 5.01. The number of likely N-dealkylation sites (tertiary alicyclic amines) is 1. The van der Waals surface area contributed by atoms with Crippen LogP contribution in [0.5, 0.6) is 5.88 Å². The molecule has 0 aliphatic carbocycles. The Morgan fingerprint density at radius 2 is 2.35 bits per heavy atom. The van der Waals surface area contributed by atoms with Crippen molar-refractivity contribution >= 4 is 5.91 Å². The lowest BCUT2D eigenvalue weighted by atomic mass is 10.0. The van der Waals surface area contributed by atoms with Gasteiger partial charge >= 0.3 is 0 Å². The first-order valence-corrected chi connectivity index (χ1v) is 8.52. The third-order valence-electron chi connectivity index (χ3n) is 4.52. The van der Waals surface area contributed by atoms with Crippen LogP contribution in [0.15, 0.2) is 31.0 Å². The van der Waals surface area contributed by atoms with E-state index in [2.05, 4.69) is 32.4 Å². The summed E-state index contributed by atoms with van der Waals surface area (Å²) in [4.78, 5) is 18.0. The van der Waals surface area contributed by atoms with Gasteiger partial charge < -0.3 is 9.64 Å². The van der Waals surface area contributed by atoms with E-state index >= 15 is 0 Å². The first-order chi connectivity index (χ1) is 12.6. The summed E-state index contributed by atoms with van der Waals surface area (Å²) in [5, 5.41) is 15.4. The van der Waals surface area contributed by atoms with Crippen molar-refractivity contribution in [2.24, 2.45) is 7.05 Å². The first kappa shape index (κ1) is 18.0. The van der Waals surface area contributed by atoms with E-state index in [1.54, 1.807) is 25.0 Å². The number of rotatable bonds is 6. The lowest BCUT2D eigenvalue weighted by molar-refractivity contribution is -0.127. The normalized spacial score (nSPS) is 18.4. The summed E-state index contributed by atoms with van der Waals surface area (Å²) < 4.78 is 6.77. The largest absolute Gasteiger partial charge is 0.481 e. The molecule has 26 heavy (non-hydrogen) atoms. The van der Waals surface area contributed by atoms with Gasteiger partial charge in [-0.1, -0.05) is 12.6 Å². The average molecular weight is 357 g/mol. The van der Waals surface area contributed by atoms with Crippen LogP contribution in [0.25, 0.3) is 0 Å². The van der Waals surface area contributed by atoms with Crippen LogP contribution in [0.3, 0.4) is 0 Å². The fraction of sp³-hybridized carbons (Fsp3) is 0.471. The van der Waals surface area contributed by atoms with Crippen molar-refractivity contribution in [1.82, 2.24) is 35.4 Å². The van der Waals surface area contributed by atoms with E-state index in [1.165, 1.54) is 6.08 Å². The molecule has 1 aliphatic heterocycles. The van der Waals surface area contributed by atoms with Crippen molar-refractivity contribution in [1.29, 1.82) is 0 Å². The molecule has 1 N–H and O–H groups in total. The summed E-state index contributed by atoms with van der Waals surface area (Å²) in [6.45, 7) is 4.95. The van der Waals surface area contributed by atoms with Crippen molar-refractivity contribution in [2.75, 3.05) is 20.2 Å². The van der Waals surface area contributed by atoms with E-state index in [4.69, 9.17) is 4.74 Å². The Labute approximate surface area is 152 Å². The molecule has 9 heteroatoms. The number of hydrogen-bond donors (Lipinski definition) is 1. The molecule has 1 aliphatic rings. The van der Waals surface area contributed by atoms with Gasteiger partial charge in [-0.2, -0.15) is 0 Å². The molecule has 2 atom stereocenters. The van der Waals surface area contributed by atoms with Gasteiger partial charge in [0.1, 0.15) is 0 Å². The highest BCUT2D eigenvalue weighted by Gasteiger charge is 2.28. The molecule has 0 spiro atoms. The Morgan fingerprint density at radius 3 is 2.96 bits per heavy atom. The Morgan fingerprint density at radius 1 is 1.50 bits per heavy atom. The summed E-state index contributed by atoms with van der Waals surface area (Å²) in [6, 6.07) is 3.63. The van der Waals surface area contributed by atoms with Gasteiger partial charge in [-0.25, -0.2) is 9.67 Å². The number of piperidine rings is 1. The molecule has 0 aromatic carbocycles. The minimum atomic E-state index is -0.239. The molecular weight excluding hydrogens is 334 g/mol. The van der Waals surface area contributed by atoms with Gasteiger partial charge in [0, 0.05) is 38.4 Å². The number of tetrazole rings is 1. The van der Waals surface area contributed by atoms with Crippen molar-refractivity contribution in [3.8, 4) is 5.88 Å². The van der Waals surface area contributed by atoms with Crippen LogP contribution >= 0.6 is 0 Å². The molecule has 0 bridgehead atoms. The fourth-order valence-electron chi connectivity index (χ4n) is 3.16. The molecule has 1 amide bonds. The number of pyridine rings is 1. The number of amides is 1. The predicted molar refractivity (Wildman–Crippen MR) is 94.4 cm³/mol. The van der Waals surface area contributed by atoms with E-state index in [-0.39, 0.29) is 18.0 Å². The van der Waals surface area contributed by atoms with E-state index in [9.17, 15) is 4.79 Å².